The Morgan fingerprint density at radius 3 is 2.67 bits per heavy atom. The Morgan fingerprint density at radius 2 is 1.93 bits per heavy atom. The molecule has 2 aromatic carbocycles. The molecule has 2 heterocycles. The van der Waals surface area contributed by atoms with E-state index in [9.17, 15) is 0 Å². The van der Waals surface area contributed by atoms with Gasteiger partial charge in [-0.15, -0.1) is 10.2 Å². The van der Waals surface area contributed by atoms with E-state index in [0.717, 1.165) is 22.7 Å². The minimum atomic E-state index is 0.223. The summed E-state index contributed by atoms with van der Waals surface area (Å²) in [6.45, 7) is 4.81. The van der Waals surface area contributed by atoms with Gasteiger partial charge in [0.15, 0.2) is 5.16 Å². The molecule has 7 heteroatoms. The Bertz CT molecular complexity index is 1060. The number of hydrogen-bond acceptors (Lipinski definition) is 5. The lowest BCUT2D eigenvalue weighted by molar-refractivity contribution is 0.445. The number of thioether (sulfide) groups is 1. The van der Waals surface area contributed by atoms with E-state index in [1.165, 1.54) is 5.56 Å². The molecule has 138 valence electrons. The van der Waals surface area contributed by atoms with E-state index in [0.29, 0.717) is 22.6 Å². The SMILES string of the molecule is CC(C)c1nnc(CSc2nc3cc(Cl)ccc3n2Cc2ccccc2)o1. The van der Waals surface area contributed by atoms with Crippen LogP contribution in [0.25, 0.3) is 11.0 Å². The Labute approximate surface area is 166 Å². The fraction of sp³-hybridized carbons (Fsp3) is 0.250. The van der Waals surface area contributed by atoms with Crippen LogP contribution in [-0.2, 0) is 12.3 Å². The molecule has 0 aliphatic rings. The van der Waals surface area contributed by atoms with Crippen LogP contribution in [0.4, 0.5) is 0 Å². The van der Waals surface area contributed by atoms with E-state index >= 15 is 0 Å². The topological polar surface area (TPSA) is 56.7 Å². The molecule has 0 amide bonds. The molecule has 27 heavy (non-hydrogen) atoms. The lowest BCUT2D eigenvalue weighted by atomic mass is 10.2. The summed E-state index contributed by atoms with van der Waals surface area (Å²) in [7, 11) is 0. The van der Waals surface area contributed by atoms with Gasteiger partial charge in [-0.25, -0.2) is 4.98 Å². The van der Waals surface area contributed by atoms with Crippen LogP contribution in [0.15, 0.2) is 58.1 Å². The summed E-state index contributed by atoms with van der Waals surface area (Å²) < 4.78 is 7.92. The van der Waals surface area contributed by atoms with E-state index in [4.69, 9.17) is 21.0 Å². The van der Waals surface area contributed by atoms with Gasteiger partial charge < -0.3 is 8.98 Å². The molecule has 4 aromatic rings. The van der Waals surface area contributed by atoms with Crippen molar-refractivity contribution >= 4 is 34.4 Å². The lowest BCUT2D eigenvalue weighted by Crippen LogP contribution is -2.01. The van der Waals surface area contributed by atoms with E-state index in [-0.39, 0.29) is 5.92 Å². The number of aromatic nitrogens is 4. The molecule has 0 unspecified atom stereocenters. The summed E-state index contributed by atoms with van der Waals surface area (Å²) in [4.78, 5) is 4.78. The van der Waals surface area contributed by atoms with Crippen LogP contribution in [-0.4, -0.2) is 19.7 Å². The minimum absolute atomic E-state index is 0.223. The zero-order chi connectivity index (χ0) is 18.8. The highest BCUT2D eigenvalue weighted by atomic mass is 35.5. The van der Waals surface area contributed by atoms with Gasteiger partial charge in [0.2, 0.25) is 11.8 Å². The van der Waals surface area contributed by atoms with Gasteiger partial charge in [0.05, 0.1) is 23.3 Å². The molecular formula is C20H19ClN4OS. The highest BCUT2D eigenvalue weighted by Crippen LogP contribution is 2.29. The summed E-state index contributed by atoms with van der Waals surface area (Å²) in [6.07, 6.45) is 0. The van der Waals surface area contributed by atoms with Crippen molar-refractivity contribution in [1.82, 2.24) is 19.7 Å². The molecule has 0 radical (unpaired) electrons. The predicted octanol–water partition coefficient (Wildman–Crippen LogP) is 5.54. The molecule has 0 aliphatic carbocycles. The van der Waals surface area contributed by atoms with Crippen LogP contribution < -0.4 is 0 Å². The first kappa shape index (κ1) is 18.1. The molecule has 0 N–H and O–H groups in total. The monoisotopic (exact) mass is 398 g/mol. The first-order chi connectivity index (χ1) is 13.1. The number of nitrogens with zero attached hydrogens (tertiary/aromatic N) is 4. The van der Waals surface area contributed by atoms with Gasteiger partial charge in [0, 0.05) is 10.9 Å². The maximum absolute atomic E-state index is 6.16. The summed E-state index contributed by atoms with van der Waals surface area (Å²) in [5.41, 5.74) is 3.15. The Kier molecular flexibility index (Phi) is 5.18. The van der Waals surface area contributed by atoms with Crippen molar-refractivity contribution in [3.63, 3.8) is 0 Å². The molecule has 0 saturated carbocycles. The largest absolute Gasteiger partial charge is 0.424 e. The average molecular weight is 399 g/mol. The molecular weight excluding hydrogens is 380 g/mol. The highest BCUT2D eigenvalue weighted by molar-refractivity contribution is 7.98. The van der Waals surface area contributed by atoms with E-state index in [1.54, 1.807) is 11.8 Å². The maximum atomic E-state index is 6.16. The van der Waals surface area contributed by atoms with Crippen LogP contribution in [0.3, 0.4) is 0 Å². The summed E-state index contributed by atoms with van der Waals surface area (Å²) in [6, 6.07) is 16.1. The van der Waals surface area contributed by atoms with Crippen molar-refractivity contribution in [2.24, 2.45) is 0 Å². The third-order valence-electron chi connectivity index (χ3n) is 4.16. The average Bonchev–Trinajstić information content (AvgIpc) is 3.26. The molecule has 0 bridgehead atoms. The number of imidazole rings is 1. The van der Waals surface area contributed by atoms with E-state index in [2.05, 4.69) is 26.9 Å². The van der Waals surface area contributed by atoms with Crippen molar-refractivity contribution < 1.29 is 4.42 Å². The lowest BCUT2D eigenvalue weighted by Gasteiger charge is -2.08. The van der Waals surface area contributed by atoms with Crippen LogP contribution in [0, 0.1) is 0 Å². The third kappa shape index (κ3) is 4.01. The molecule has 0 spiro atoms. The third-order valence-corrected chi connectivity index (χ3v) is 5.36. The van der Waals surface area contributed by atoms with Gasteiger partial charge in [0.25, 0.3) is 0 Å². The zero-order valence-corrected chi connectivity index (χ0v) is 16.7. The van der Waals surface area contributed by atoms with Crippen molar-refractivity contribution in [1.29, 1.82) is 0 Å². The minimum Gasteiger partial charge on any atom is -0.424 e. The van der Waals surface area contributed by atoms with Crippen LogP contribution in [0.5, 0.6) is 0 Å². The van der Waals surface area contributed by atoms with E-state index < -0.39 is 0 Å². The molecule has 0 fully saturated rings. The molecule has 0 atom stereocenters. The summed E-state index contributed by atoms with van der Waals surface area (Å²) in [5.74, 6) is 2.07. The van der Waals surface area contributed by atoms with Crippen LogP contribution in [0.1, 0.15) is 37.1 Å². The first-order valence-electron chi connectivity index (χ1n) is 8.75. The Morgan fingerprint density at radius 1 is 1.11 bits per heavy atom. The fourth-order valence-corrected chi connectivity index (χ4v) is 3.81. The highest BCUT2D eigenvalue weighted by Gasteiger charge is 2.15. The second-order valence-corrected chi connectivity index (χ2v) is 7.96. The Hall–Kier alpha value is -2.31. The molecule has 5 nitrogen and oxygen atoms in total. The van der Waals surface area contributed by atoms with E-state index in [1.807, 2.05) is 50.2 Å². The standard InChI is InChI=1S/C20H19ClN4OS/c1-13(2)19-24-23-18(26-19)12-27-20-22-16-10-15(21)8-9-17(16)25(20)11-14-6-4-3-5-7-14/h3-10,13H,11-12H2,1-2H3. The number of benzene rings is 2. The van der Waals surface area contributed by atoms with Gasteiger partial charge in [0.1, 0.15) is 0 Å². The number of hydrogen-bond donors (Lipinski definition) is 0. The van der Waals surface area contributed by atoms with Crippen LogP contribution >= 0.6 is 23.4 Å². The van der Waals surface area contributed by atoms with Gasteiger partial charge in [-0.3, -0.25) is 0 Å². The van der Waals surface area contributed by atoms with Gasteiger partial charge in [-0.05, 0) is 23.8 Å². The van der Waals surface area contributed by atoms with Crippen molar-refractivity contribution in [3.8, 4) is 0 Å². The Balaban J connectivity index is 1.64. The number of rotatable bonds is 6. The number of fused-ring (bicyclic) bond motifs is 1. The van der Waals surface area contributed by atoms with Crippen molar-refractivity contribution in [2.75, 3.05) is 0 Å². The molecule has 0 saturated heterocycles. The molecule has 4 rings (SSSR count). The van der Waals surface area contributed by atoms with Crippen LogP contribution in [0.2, 0.25) is 5.02 Å². The molecule has 0 aliphatic heterocycles. The number of halogens is 1. The van der Waals surface area contributed by atoms with Crippen molar-refractivity contribution in [3.05, 3.63) is 70.9 Å². The van der Waals surface area contributed by atoms with Gasteiger partial charge >= 0.3 is 0 Å². The quantitative estimate of drug-likeness (QED) is 0.399. The first-order valence-corrected chi connectivity index (χ1v) is 10.1. The molecule has 2 aromatic heterocycles. The fourth-order valence-electron chi connectivity index (χ4n) is 2.79. The van der Waals surface area contributed by atoms with Crippen molar-refractivity contribution in [2.45, 2.75) is 37.2 Å². The van der Waals surface area contributed by atoms with Gasteiger partial charge in [-0.2, -0.15) is 0 Å². The van der Waals surface area contributed by atoms with Gasteiger partial charge in [-0.1, -0.05) is 67.5 Å². The smallest absolute Gasteiger partial charge is 0.226 e. The second kappa shape index (κ2) is 7.74. The maximum Gasteiger partial charge on any atom is 0.226 e. The normalized spacial score (nSPS) is 11.6. The summed E-state index contributed by atoms with van der Waals surface area (Å²) >= 11 is 7.75. The zero-order valence-electron chi connectivity index (χ0n) is 15.1. The summed E-state index contributed by atoms with van der Waals surface area (Å²) in [5, 5.41) is 9.82. The second-order valence-electron chi connectivity index (χ2n) is 6.58. The predicted molar refractivity (Wildman–Crippen MR) is 108 cm³/mol.